The molecule has 0 aromatic carbocycles. The molecule has 3 aliphatic rings. The maximum Gasteiger partial charge on any atom is 0.119 e. The Labute approximate surface area is 133 Å². The van der Waals surface area contributed by atoms with Crippen LogP contribution in [0, 0.1) is 17.8 Å². The van der Waals surface area contributed by atoms with Crippen molar-refractivity contribution in [2.45, 2.75) is 26.7 Å². The first-order valence-corrected chi connectivity index (χ1v) is 8.28. The van der Waals surface area contributed by atoms with Crippen LogP contribution in [0.15, 0.2) is 53.0 Å². The average Bonchev–Trinajstić information content (AvgIpc) is 2.90. The monoisotopic (exact) mass is 298 g/mol. The fraction of sp³-hybridized carbons (Fsp3) is 0.526. The summed E-state index contributed by atoms with van der Waals surface area (Å²) in [6.07, 6.45) is 13.1. The lowest BCUT2D eigenvalue weighted by Gasteiger charge is -2.28. The number of allylic oxidation sites excluding steroid dienone is 5. The topological polar surface area (TPSA) is 38.5 Å². The van der Waals surface area contributed by atoms with Crippen molar-refractivity contribution in [3.05, 3.63) is 53.0 Å². The molecule has 3 unspecified atom stereocenters. The summed E-state index contributed by atoms with van der Waals surface area (Å²) in [5.41, 5.74) is 5.91. The molecule has 118 valence electrons. The molecule has 1 saturated heterocycles. The minimum absolute atomic E-state index is 0.449. The molecule has 0 radical (unpaired) electrons. The lowest BCUT2D eigenvalue weighted by atomic mass is 9.78. The van der Waals surface area contributed by atoms with Crippen LogP contribution in [0.25, 0.3) is 0 Å². The number of rotatable bonds is 0. The summed E-state index contributed by atoms with van der Waals surface area (Å²) >= 11 is 0. The highest BCUT2D eigenvalue weighted by Crippen LogP contribution is 2.39. The summed E-state index contributed by atoms with van der Waals surface area (Å²) in [4.78, 5) is 0. The van der Waals surface area contributed by atoms with Crippen LogP contribution in [0.2, 0.25) is 0 Å². The molecular weight excluding hydrogens is 272 g/mol. The highest BCUT2D eigenvalue weighted by atomic mass is 16.5. The van der Waals surface area contributed by atoms with Gasteiger partial charge < -0.3 is 4.74 Å². The van der Waals surface area contributed by atoms with Crippen LogP contribution in [0.5, 0.6) is 0 Å². The second-order valence-corrected chi connectivity index (χ2v) is 6.60. The first kappa shape index (κ1) is 15.4. The summed E-state index contributed by atoms with van der Waals surface area (Å²) in [6.45, 7) is 6.82. The van der Waals surface area contributed by atoms with E-state index in [0.717, 1.165) is 37.3 Å². The van der Waals surface area contributed by atoms with E-state index >= 15 is 0 Å². The summed E-state index contributed by atoms with van der Waals surface area (Å²) in [5.74, 6) is 8.63. The SMILES string of the molecule is CC1=C=CC(C)C2CN(N)CC2C2=CCCC=C2OC/C=C\1. The van der Waals surface area contributed by atoms with Crippen molar-refractivity contribution in [2.75, 3.05) is 19.7 Å². The van der Waals surface area contributed by atoms with Gasteiger partial charge in [-0.2, -0.15) is 0 Å². The van der Waals surface area contributed by atoms with Crippen LogP contribution in [0.3, 0.4) is 0 Å². The Hall–Kier alpha value is -1.54. The Morgan fingerprint density at radius 2 is 2.09 bits per heavy atom. The molecule has 0 amide bonds. The van der Waals surface area contributed by atoms with Gasteiger partial charge in [-0.1, -0.05) is 19.1 Å². The predicted octanol–water partition coefficient (Wildman–Crippen LogP) is 3.34. The van der Waals surface area contributed by atoms with E-state index in [1.165, 1.54) is 5.57 Å². The van der Waals surface area contributed by atoms with E-state index in [0.29, 0.717) is 24.4 Å². The summed E-state index contributed by atoms with van der Waals surface area (Å²) in [5, 5.41) is 1.96. The maximum absolute atomic E-state index is 6.14. The average molecular weight is 298 g/mol. The van der Waals surface area contributed by atoms with Crippen molar-refractivity contribution in [3.8, 4) is 0 Å². The highest BCUT2D eigenvalue weighted by Gasteiger charge is 2.38. The van der Waals surface area contributed by atoms with E-state index < -0.39 is 0 Å². The number of hydrogen-bond acceptors (Lipinski definition) is 3. The van der Waals surface area contributed by atoms with Gasteiger partial charge in [0.2, 0.25) is 0 Å². The first-order valence-electron chi connectivity index (χ1n) is 8.28. The Morgan fingerprint density at radius 1 is 1.27 bits per heavy atom. The van der Waals surface area contributed by atoms with Gasteiger partial charge in [0.05, 0.1) is 0 Å². The van der Waals surface area contributed by atoms with Gasteiger partial charge >= 0.3 is 0 Å². The van der Waals surface area contributed by atoms with Crippen LogP contribution in [0.4, 0.5) is 0 Å². The normalized spacial score (nSPS) is 34.1. The molecule has 0 spiro atoms. The molecular formula is C19H26N2O. The van der Waals surface area contributed by atoms with E-state index in [9.17, 15) is 0 Å². The smallest absolute Gasteiger partial charge is 0.119 e. The Kier molecular flexibility index (Phi) is 4.68. The summed E-state index contributed by atoms with van der Waals surface area (Å²) in [7, 11) is 0. The van der Waals surface area contributed by atoms with Crippen LogP contribution in [-0.4, -0.2) is 24.7 Å². The zero-order valence-electron chi connectivity index (χ0n) is 13.6. The van der Waals surface area contributed by atoms with Gasteiger partial charge in [-0.3, -0.25) is 5.84 Å². The van der Waals surface area contributed by atoms with Gasteiger partial charge in [0.15, 0.2) is 0 Å². The molecule has 22 heavy (non-hydrogen) atoms. The van der Waals surface area contributed by atoms with E-state index in [1.807, 2.05) is 5.01 Å². The molecule has 1 fully saturated rings. The standard InChI is InChI=1S/C19H26N2O/c1-14-6-5-11-22-19-8-4-3-7-16(19)18-13-21(20)12-17(18)15(2)10-9-14/h5-8,10,15,17-18H,3-4,11-13,20H2,1-2H3/b6-5-. The maximum atomic E-state index is 6.14. The summed E-state index contributed by atoms with van der Waals surface area (Å²) in [6, 6.07) is 0. The number of nitrogens with zero attached hydrogens (tertiary/aromatic N) is 1. The van der Waals surface area contributed by atoms with E-state index in [4.69, 9.17) is 10.6 Å². The minimum atomic E-state index is 0.449. The van der Waals surface area contributed by atoms with Crippen molar-refractivity contribution in [1.29, 1.82) is 0 Å². The van der Waals surface area contributed by atoms with Gasteiger partial charge in [-0.15, -0.1) is 5.73 Å². The number of fused-ring (bicyclic) bond motifs is 3. The molecule has 0 bridgehead atoms. The van der Waals surface area contributed by atoms with Gasteiger partial charge in [-0.05, 0) is 61.0 Å². The number of nitrogens with two attached hydrogens (primary N) is 1. The van der Waals surface area contributed by atoms with Crippen molar-refractivity contribution in [1.82, 2.24) is 5.01 Å². The van der Waals surface area contributed by atoms with Crippen molar-refractivity contribution < 1.29 is 4.74 Å². The zero-order valence-corrected chi connectivity index (χ0v) is 13.6. The molecule has 1 aliphatic carbocycles. The Bertz CT molecular complexity index is 578. The number of hydrazine groups is 1. The number of hydrogen-bond donors (Lipinski definition) is 1. The van der Waals surface area contributed by atoms with Crippen molar-refractivity contribution in [3.63, 3.8) is 0 Å². The molecule has 2 N–H and O–H groups in total. The first-order chi connectivity index (χ1) is 10.6. The van der Waals surface area contributed by atoms with Crippen LogP contribution >= 0.6 is 0 Å². The molecule has 0 saturated carbocycles. The zero-order chi connectivity index (χ0) is 15.5. The van der Waals surface area contributed by atoms with E-state index in [1.54, 1.807) is 0 Å². The molecule has 3 heteroatoms. The lowest BCUT2D eigenvalue weighted by molar-refractivity contribution is 0.239. The third-order valence-electron chi connectivity index (χ3n) is 4.89. The van der Waals surface area contributed by atoms with Gasteiger partial charge in [0.1, 0.15) is 12.4 Å². The third kappa shape index (κ3) is 3.27. The van der Waals surface area contributed by atoms with Crippen LogP contribution in [-0.2, 0) is 4.74 Å². The van der Waals surface area contributed by atoms with Gasteiger partial charge in [-0.25, -0.2) is 5.01 Å². The summed E-state index contributed by atoms with van der Waals surface area (Å²) < 4.78 is 6.04. The van der Waals surface area contributed by atoms with Gasteiger partial charge in [0, 0.05) is 19.0 Å². The molecule has 3 nitrogen and oxygen atoms in total. The lowest BCUT2D eigenvalue weighted by Crippen LogP contribution is -2.28. The van der Waals surface area contributed by atoms with E-state index in [2.05, 4.69) is 50.0 Å². The van der Waals surface area contributed by atoms with Gasteiger partial charge in [0.25, 0.3) is 0 Å². The number of ether oxygens (including phenoxy) is 1. The van der Waals surface area contributed by atoms with Crippen molar-refractivity contribution in [2.24, 2.45) is 23.6 Å². The van der Waals surface area contributed by atoms with Crippen LogP contribution in [0.1, 0.15) is 26.7 Å². The third-order valence-corrected chi connectivity index (χ3v) is 4.89. The fourth-order valence-corrected chi connectivity index (χ4v) is 3.67. The quantitative estimate of drug-likeness (QED) is 0.550. The molecule has 3 atom stereocenters. The molecule has 2 aliphatic heterocycles. The van der Waals surface area contributed by atoms with Crippen LogP contribution < -0.4 is 5.84 Å². The minimum Gasteiger partial charge on any atom is -0.490 e. The van der Waals surface area contributed by atoms with Crippen molar-refractivity contribution >= 4 is 0 Å². The second-order valence-electron chi connectivity index (χ2n) is 6.60. The van der Waals surface area contributed by atoms with E-state index in [-0.39, 0.29) is 0 Å². The fourth-order valence-electron chi connectivity index (χ4n) is 3.67. The second kappa shape index (κ2) is 6.70. The molecule has 0 aromatic rings. The highest BCUT2D eigenvalue weighted by molar-refractivity contribution is 5.34. The largest absolute Gasteiger partial charge is 0.490 e. The molecule has 0 aromatic heterocycles. The molecule has 2 heterocycles. The molecule has 3 rings (SSSR count). The Morgan fingerprint density at radius 3 is 2.95 bits per heavy atom. The predicted molar refractivity (Wildman–Crippen MR) is 89.7 cm³/mol. The Balaban J connectivity index is 1.98.